The third-order valence-corrected chi connectivity index (χ3v) is 4.56. The van der Waals surface area contributed by atoms with Crippen LogP contribution >= 0.6 is 11.3 Å². The van der Waals surface area contributed by atoms with Gasteiger partial charge < -0.3 is 9.64 Å². The van der Waals surface area contributed by atoms with E-state index in [1.165, 1.54) is 0 Å². The molecular formula is C13H17NO2S. The van der Waals surface area contributed by atoms with Crippen molar-refractivity contribution in [3.8, 4) is 0 Å². The molecule has 2 aliphatic heterocycles. The Kier molecular flexibility index (Phi) is 2.92. The highest BCUT2D eigenvalue weighted by atomic mass is 32.1. The highest BCUT2D eigenvalue weighted by Gasteiger charge is 2.41. The molecule has 0 saturated carbocycles. The van der Waals surface area contributed by atoms with Gasteiger partial charge in [0, 0.05) is 23.9 Å². The van der Waals surface area contributed by atoms with E-state index in [-0.39, 0.29) is 12.0 Å². The van der Waals surface area contributed by atoms with E-state index in [1.54, 1.807) is 11.3 Å². The zero-order valence-electron chi connectivity index (χ0n) is 9.96. The average molecular weight is 251 g/mol. The lowest BCUT2D eigenvalue weighted by Gasteiger charge is -2.17. The fourth-order valence-electron chi connectivity index (χ4n) is 2.88. The maximum atomic E-state index is 12.1. The number of carbonyl (C=O) groups is 1. The van der Waals surface area contributed by atoms with E-state index < -0.39 is 0 Å². The van der Waals surface area contributed by atoms with Gasteiger partial charge in [0.1, 0.15) is 0 Å². The molecule has 0 N–H and O–H groups in total. The van der Waals surface area contributed by atoms with Gasteiger partial charge in [0.25, 0.3) is 0 Å². The fourth-order valence-corrected chi connectivity index (χ4v) is 3.58. The number of thiophene rings is 1. The Morgan fingerprint density at radius 2 is 2.47 bits per heavy atom. The smallest absolute Gasteiger partial charge is 0.227 e. The predicted molar refractivity (Wildman–Crippen MR) is 67.0 cm³/mol. The lowest BCUT2D eigenvalue weighted by molar-refractivity contribution is -0.130. The maximum absolute atomic E-state index is 12.1. The zero-order chi connectivity index (χ0) is 11.8. The molecule has 0 radical (unpaired) electrons. The van der Waals surface area contributed by atoms with Crippen LogP contribution in [0.3, 0.4) is 0 Å². The van der Waals surface area contributed by atoms with E-state index in [0.717, 1.165) is 24.4 Å². The van der Waals surface area contributed by atoms with Crippen molar-refractivity contribution >= 4 is 17.2 Å². The number of fused-ring (bicyclic) bond motifs is 1. The number of ether oxygens (including phenoxy) is 1. The molecule has 4 heteroatoms. The Morgan fingerprint density at radius 1 is 1.59 bits per heavy atom. The van der Waals surface area contributed by atoms with Gasteiger partial charge in [-0.15, -0.1) is 11.3 Å². The van der Waals surface area contributed by atoms with Crippen LogP contribution in [0.1, 0.15) is 18.2 Å². The first kappa shape index (κ1) is 11.2. The molecule has 0 bridgehead atoms. The monoisotopic (exact) mass is 251 g/mol. The number of carbonyl (C=O) groups excluding carboxylic acids is 1. The van der Waals surface area contributed by atoms with Gasteiger partial charge in [0.2, 0.25) is 5.91 Å². The topological polar surface area (TPSA) is 29.5 Å². The number of likely N-dealkylation sites (tertiary alicyclic amines) is 1. The molecule has 3 nitrogen and oxygen atoms in total. The van der Waals surface area contributed by atoms with E-state index in [4.69, 9.17) is 4.74 Å². The van der Waals surface area contributed by atoms with Gasteiger partial charge in [-0.2, -0.15) is 0 Å². The van der Waals surface area contributed by atoms with Gasteiger partial charge in [-0.25, -0.2) is 0 Å². The normalized spacial score (nSPS) is 31.8. The first-order valence-corrected chi connectivity index (χ1v) is 7.06. The fraction of sp³-hybridized carbons (Fsp3) is 0.615. The first-order chi connectivity index (χ1) is 8.22. The van der Waals surface area contributed by atoms with Crippen LogP contribution in [0.5, 0.6) is 0 Å². The molecule has 1 aromatic rings. The van der Waals surface area contributed by atoms with Gasteiger partial charge in [-0.1, -0.05) is 6.07 Å². The third kappa shape index (κ3) is 2.24. The zero-order valence-corrected chi connectivity index (χ0v) is 10.8. The van der Waals surface area contributed by atoms with Gasteiger partial charge in [0.15, 0.2) is 0 Å². The quantitative estimate of drug-likeness (QED) is 0.804. The summed E-state index contributed by atoms with van der Waals surface area (Å²) in [6.07, 6.45) is 2.32. The Balaban J connectivity index is 1.58. The molecule has 0 spiro atoms. The summed E-state index contributed by atoms with van der Waals surface area (Å²) in [7, 11) is 0. The summed E-state index contributed by atoms with van der Waals surface area (Å²) in [4.78, 5) is 15.2. The summed E-state index contributed by atoms with van der Waals surface area (Å²) in [6, 6.07) is 4.02. The first-order valence-electron chi connectivity index (χ1n) is 6.18. The van der Waals surface area contributed by atoms with Crippen LogP contribution in [-0.4, -0.2) is 36.1 Å². The minimum absolute atomic E-state index is 0.248. The molecule has 2 fully saturated rings. The SMILES string of the molecule is C[C@@H]1C[C@H]2CN(C(=O)Cc3cccs3)C[C@H]2O1. The van der Waals surface area contributed by atoms with E-state index in [2.05, 4.69) is 6.92 Å². The molecule has 1 amide bonds. The lowest BCUT2D eigenvalue weighted by Crippen LogP contribution is -2.32. The Morgan fingerprint density at radius 3 is 3.18 bits per heavy atom. The second-order valence-corrected chi connectivity index (χ2v) is 6.07. The largest absolute Gasteiger partial charge is 0.373 e. The second kappa shape index (κ2) is 4.42. The Hall–Kier alpha value is -0.870. The molecule has 2 aliphatic rings. The van der Waals surface area contributed by atoms with E-state index >= 15 is 0 Å². The molecule has 3 heterocycles. The maximum Gasteiger partial charge on any atom is 0.227 e. The average Bonchev–Trinajstić information content (AvgIpc) is 2.92. The number of nitrogens with zero attached hydrogens (tertiary/aromatic N) is 1. The van der Waals surface area contributed by atoms with Gasteiger partial charge in [-0.05, 0) is 24.8 Å². The highest BCUT2D eigenvalue weighted by Crippen LogP contribution is 2.32. The Bertz CT molecular complexity index is 390. The summed E-state index contributed by atoms with van der Waals surface area (Å²) >= 11 is 1.65. The van der Waals surface area contributed by atoms with E-state index in [0.29, 0.717) is 18.4 Å². The van der Waals surface area contributed by atoms with Gasteiger partial charge in [-0.3, -0.25) is 4.79 Å². The van der Waals surface area contributed by atoms with Crippen LogP contribution in [0.15, 0.2) is 17.5 Å². The third-order valence-electron chi connectivity index (χ3n) is 3.68. The molecule has 3 rings (SSSR count). The summed E-state index contributed by atoms with van der Waals surface area (Å²) in [5, 5.41) is 2.02. The number of amides is 1. The minimum Gasteiger partial charge on any atom is -0.373 e. The minimum atomic E-state index is 0.248. The molecule has 0 unspecified atom stereocenters. The second-order valence-electron chi connectivity index (χ2n) is 5.04. The number of hydrogen-bond acceptors (Lipinski definition) is 3. The highest BCUT2D eigenvalue weighted by molar-refractivity contribution is 7.10. The lowest BCUT2D eigenvalue weighted by atomic mass is 10.0. The molecular weight excluding hydrogens is 234 g/mol. The summed E-state index contributed by atoms with van der Waals surface area (Å²) < 4.78 is 5.81. The number of hydrogen-bond donors (Lipinski definition) is 0. The molecule has 3 atom stereocenters. The molecule has 0 aromatic carbocycles. The summed E-state index contributed by atoms with van der Waals surface area (Å²) in [5.41, 5.74) is 0. The van der Waals surface area contributed by atoms with Crippen LogP contribution in [0.25, 0.3) is 0 Å². The van der Waals surface area contributed by atoms with Crippen LogP contribution in [-0.2, 0) is 16.0 Å². The van der Waals surface area contributed by atoms with Crippen molar-refractivity contribution in [2.24, 2.45) is 5.92 Å². The van der Waals surface area contributed by atoms with Gasteiger partial charge >= 0.3 is 0 Å². The van der Waals surface area contributed by atoms with Crippen molar-refractivity contribution in [2.45, 2.75) is 32.0 Å². The Labute approximate surface area is 105 Å². The molecule has 1 aromatic heterocycles. The molecule has 0 aliphatic carbocycles. The van der Waals surface area contributed by atoms with Crippen LogP contribution < -0.4 is 0 Å². The summed E-state index contributed by atoms with van der Waals surface area (Å²) in [5.74, 6) is 0.815. The standard InChI is InChI=1S/C13H17NO2S/c1-9-5-10-7-14(8-12(10)16-9)13(15)6-11-3-2-4-17-11/h2-4,9-10,12H,5-8H2,1H3/t9-,10+,12-/m1/s1. The van der Waals surface area contributed by atoms with Crippen molar-refractivity contribution in [2.75, 3.05) is 13.1 Å². The van der Waals surface area contributed by atoms with E-state index in [9.17, 15) is 4.79 Å². The van der Waals surface area contributed by atoms with Gasteiger partial charge in [0.05, 0.1) is 18.6 Å². The number of rotatable bonds is 2. The van der Waals surface area contributed by atoms with Crippen molar-refractivity contribution in [3.05, 3.63) is 22.4 Å². The van der Waals surface area contributed by atoms with Crippen molar-refractivity contribution in [1.29, 1.82) is 0 Å². The van der Waals surface area contributed by atoms with Crippen molar-refractivity contribution in [1.82, 2.24) is 4.90 Å². The molecule has 2 saturated heterocycles. The molecule has 17 heavy (non-hydrogen) atoms. The summed E-state index contributed by atoms with van der Waals surface area (Å²) in [6.45, 7) is 3.80. The predicted octanol–water partition coefficient (Wildman–Crippen LogP) is 1.93. The van der Waals surface area contributed by atoms with Crippen molar-refractivity contribution in [3.63, 3.8) is 0 Å². The van der Waals surface area contributed by atoms with Crippen LogP contribution in [0, 0.1) is 5.92 Å². The van der Waals surface area contributed by atoms with E-state index in [1.807, 2.05) is 22.4 Å². The van der Waals surface area contributed by atoms with Crippen LogP contribution in [0.2, 0.25) is 0 Å². The molecule has 92 valence electrons. The van der Waals surface area contributed by atoms with Crippen LogP contribution in [0.4, 0.5) is 0 Å². The van der Waals surface area contributed by atoms with Crippen molar-refractivity contribution < 1.29 is 9.53 Å².